The van der Waals surface area contributed by atoms with Crippen LogP contribution in [0.4, 0.5) is 11.4 Å². The molecule has 4 aromatic rings. The Hall–Kier alpha value is -4.88. The number of nitrogens with zero attached hydrogens (tertiary/aromatic N) is 4. The van der Waals surface area contributed by atoms with Crippen molar-refractivity contribution in [3.63, 3.8) is 0 Å². The van der Waals surface area contributed by atoms with E-state index in [0.29, 0.717) is 111 Å². The van der Waals surface area contributed by atoms with Crippen molar-refractivity contribution in [1.82, 2.24) is 20.4 Å². The Morgan fingerprint density at radius 2 is 0.942 bits per heavy atom. The summed E-state index contributed by atoms with van der Waals surface area (Å²) in [5.74, 6) is -1.10. The van der Waals surface area contributed by atoms with Crippen LogP contribution in [0.3, 0.4) is 0 Å². The van der Waals surface area contributed by atoms with Crippen LogP contribution in [0.15, 0.2) is 60.7 Å². The Morgan fingerprint density at radius 3 is 1.33 bits per heavy atom. The van der Waals surface area contributed by atoms with Crippen LogP contribution in [0.1, 0.15) is 67.1 Å². The third kappa shape index (κ3) is 6.09. The molecule has 0 saturated carbocycles. The monoisotopic (exact) mass is 704 g/mol. The fraction of sp³-hybridized carbons (Fsp3) is 0.400. The average Bonchev–Trinajstić information content (AvgIpc) is 3.79. The van der Waals surface area contributed by atoms with Gasteiger partial charge in [0, 0.05) is 108 Å². The number of β-amino-alcohol motifs (C(OH)–C–C–N with tert-alkyl or cyclic N) is 2. The molecule has 8 rings (SSSR count). The quantitative estimate of drug-likeness (QED) is 0.121. The number of rotatable bonds is 13. The molecule has 4 heterocycles. The average molecular weight is 705 g/mol. The second kappa shape index (κ2) is 14.3. The normalized spacial score (nSPS) is 20.0. The summed E-state index contributed by atoms with van der Waals surface area (Å²) >= 11 is 0. The summed E-state index contributed by atoms with van der Waals surface area (Å²) in [6, 6.07) is 18.7. The Balaban J connectivity index is 0.781. The molecule has 0 bridgehead atoms. The lowest BCUT2D eigenvalue weighted by molar-refractivity contribution is 0.0593. The van der Waals surface area contributed by atoms with Crippen LogP contribution in [0.25, 0.3) is 21.5 Å². The number of amides is 4. The highest BCUT2D eigenvalue weighted by atomic mass is 16.3. The second-order valence-electron chi connectivity index (χ2n) is 14.2. The van der Waals surface area contributed by atoms with Gasteiger partial charge in [-0.2, -0.15) is 0 Å². The fourth-order valence-electron chi connectivity index (χ4n) is 8.29. The van der Waals surface area contributed by atoms with E-state index in [-0.39, 0.29) is 35.8 Å². The van der Waals surface area contributed by atoms with E-state index >= 15 is 0 Å². The van der Waals surface area contributed by atoms with Gasteiger partial charge < -0.3 is 30.6 Å². The Morgan fingerprint density at radius 1 is 0.538 bits per heavy atom. The summed E-state index contributed by atoms with van der Waals surface area (Å²) in [6.07, 6.45) is 1.87. The first-order valence-corrected chi connectivity index (χ1v) is 18.4. The maximum absolute atomic E-state index is 13.5. The maximum Gasteiger partial charge on any atom is 0.261 e. The number of anilines is 2. The number of carbonyl (C=O) groups is 4. The molecule has 0 aliphatic carbocycles. The van der Waals surface area contributed by atoms with Crippen molar-refractivity contribution < 1.29 is 29.4 Å². The minimum Gasteiger partial charge on any atom is -0.391 e. The molecule has 2 fully saturated rings. The number of imide groups is 2. The van der Waals surface area contributed by atoms with Gasteiger partial charge in [0.15, 0.2) is 0 Å². The van der Waals surface area contributed by atoms with Gasteiger partial charge in [0.2, 0.25) is 0 Å². The lowest BCUT2D eigenvalue weighted by atomic mass is 9.92. The zero-order valence-corrected chi connectivity index (χ0v) is 29.1. The van der Waals surface area contributed by atoms with Crippen LogP contribution in [0.2, 0.25) is 0 Å². The fourth-order valence-corrected chi connectivity index (χ4v) is 8.29. The van der Waals surface area contributed by atoms with Crippen LogP contribution in [-0.2, 0) is 0 Å². The third-order valence-electron chi connectivity index (χ3n) is 10.9. The molecule has 270 valence electrons. The molecule has 12 heteroatoms. The summed E-state index contributed by atoms with van der Waals surface area (Å²) in [5.41, 5.74) is 4.02. The van der Waals surface area contributed by atoms with Gasteiger partial charge in [0.1, 0.15) is 0 Å². The van der Waals surface area contributed by atoms with Crippen LogP contribution < -0.4 is 20.4 Å². The van der Waals surface area contributed by atoms with E-state index in [2.05, 4.69) is 20.4 Å². The summed E-state index contributed by atoms with van der Waals surface area (Å²) in [5, 5.41) is 30.0. The van der Waals surface area contributed by atoms with Crippen molar-refractivity contribution in [2.45, 2.75) is 37.9 Å². The van der Waals surface area contributed by atoms with E-state index in [0.717, 1.165) is 35.2 Å². The molecule has 0 radical (unpaired) electrons. The molecule has 12 nitrogen and oxygen atoms in total. The molecule has 0 unspecified atom stereocenters. The zero-order chi connectivity index (χ0) is 35.9. The predicted molar refractivity (Wildman–Crippen MR) is 199 cm³/mol. The predicted octanol–water partition coefficient (Wildman–Crippen LogP) is 2.99. The molecule has 0 aromatic heterocycles. The number of aliphatic hydroxyl groups is 2. The zero-order valence-electron chi connectivity index (χ0n) is 29.1. The number of carbonyl (C=O) groups excluding carboxylic acids is 4. The first kappa shape index (κ1) is 34.2. The Labute approximate surface area is 302 Å². The van der Waals surface area contributed by atoms with Gasteiger partial charge in [0.25, 0.3) is 23.6 Å². The van der Waals surface area contributed by atoms with Gasteiger partial charge in [-0.25, -0.2) is 0 Å². The molecule has 4 aliphatic heterocycles. The number of hydrogen-bond donors (Lipinski definition) is 4. The minimum atomic E-state index is -0.374. The van der Waals surface area contributed by atoms with Crippen molar-refractivity contribution in [3.8, 4) is 0 Å². The van der Waals surface area contributed by atoms with Crippen molar-refractivity contribution in [3.05, 3.63) is 82.9 Å². The standard InChI is InChI=1S/C40H44N6O6/c47-25-13-21-43(23-25)33-11-9-31-35-27(33)5-1-7-29(35)37(49)45(39(31)51)19-3-15-41-17-18-42-16-4-20-46-38(50)30-8-2-6-28-34(44-22-14-26(48)24-44)12-10-32(36(28)30)40(46)52/h1-2,5-12,25-26,41-42,47-48H,3-4,13-24H2/t25-,26-/m0/s1. The SMILES string of the molecule is O=C1c2cccc3c(N4CC[C@H](O)C4)ccc(c23)C(=O)N1CCCNCCNCCCN1C(=O)c2cccc3c(N4CC[C@H](O)C4)ccc(c23)C1=O. The largest absolute Gasteiger partial charge is 0.391 e. The van der Waals surface area contributed by atoms with E-state index in [1.54, 1.807) is 12.1 Å². The molecule has 4 amide bonds. The number of aliphatic hydroxyl groups excluding tert-OH is 2. The van der Waals surface area contributed by atoms with E-state index in [1.165, 1.54) is 9.80 Å². The Bertz CT molecular complexity index is 1890. The molecular weight excluding hydrogens is 660 g/mol. The van der Waals surface area contributed by atoms with Crippen LogP contribution in [-0.4, -0.2) is 121 Å². The first-order chi connectivity index (χ1) is 25.3. The van der Waals surface area contributed by atoms with Gasteiger partial charge in [-0.3, -0.25) is 29.0 Å². The highest BCUT2D eigenvalue weighted by Gasteiger charge is 2.35. The van der Waals surface area contributed by atoms with E-state index < -0.39 is 0 Å². The smallest absolute Gasteiger partial charge is 0.261 e. The highest BCUT2D eigenvalue weighted by Crippen LogP contribution is 2.38. The molecule has 52 heavy (non-hydrogen) atoms. The van der Waals surface area contributed by atoms with Crippen molar-refractivity contribution >= 4 is 56.5 Å². The van der Waals surface area contributed by atoms with Crippen LogP contribution >= 0.6 is 0 Å². The molecule has 0 spiro atoms. The van der Waals surface area contributed by atoms with Gasteiger partial charge >= 0.3 is 0 Å². The van der Waals surface area contributed by atoms with Crippen LogP contribution in [0.5, 0.6) is 0 Å². The number of nitrogens with one attached hydrogen (secondary N) is 2. The molecular formula is C40H44N6O6. The maximum atomic E-state index is 13.5. The third-order valence-corrected chi connectivity index (χ3v) is 10.9. The van der Waals surface area contributed by atoms with E-state index in [9.17, 15) is 29.4 Å². The molecule has 4 aromatic carbocycles. The molecule has 2 atom stereocenters. The minimum absolute atomic E-state index is 0.276. The summed E-state index contributed by atoms with van der Waals surface area (Å²) in [6.45, 7) is 5.80. The highest BCUT2D eigenvalue weighted by molar-refractivity contribution is 6.28. The van der Waals surface area contributed by atoms with Gasteiger partial charge in [0.05, 0.1) is 12.2 Å². The molecule has 4 aliphatic rings. The summed E-state index contributed by atoms with van der Waals surface area (Å²) < 4.78 is 0. The van der Waals surface area contributed by atoms with Gasteiger partial charge in [-0.15, -0.1) is 0 Å². The summed E-state index contributed by atoms with van der Waals surface area (Å²) in [7, 11) is 0. The lowest BCUT2D eigenvalue weighted by Crippen LogP contribution is -2.42. The topological polar surface area (TPSA) is 146 Å². The molecule has 4 N–H and O–H groups in total. The lowest BCUT2D eigenvalue weighted by Gasteiger charge is -2.29. The van der Waals surface area contributed by atoms with Gasteiger partial charge in [-0.05, 0) is 75.2 Å². The molecule has 2 saturated heterocycles. The Kier molecular flexibility index (Phi) is 9.39. The number of benzene rings is 4. The van der Waals surface area contributed by atoms with Crippen LogP contribution in [0, 0.1) is 0 Å². The van der Waals surface area contributed by atoms with E-state index in [1.807, 2.05) is 48.5 Å². The summed E-state index contributed by atoms with van der Waals surface area (Å²) in [4.78, 5) is 60.8. The first-order valence-electron chi connectivity index (χ1n) is 18.4. The van der Waals surface area contributed by atoms with E-state index in [4.69, 9.17) is 0 Å². The van der Waals surface area contributed by atoms with Crippen molar-refractivity contribution in [2.24, 2.45) is 0 Å². The van der Waals surface area contributed by atoms with Crippen molar-refractivity contribution in [1.29, 1.82) is 0 Å². The number of hydrogen-bond acceptors (Lipinski definition) is 10. The second-order valence-corrected chi connectivity index (χ2v) is 14.2. The van der Waals surface area contributed by atoms with Crippen molar-refractivity contribution in [2.75, 3.05) is 75.2 Å². The van der Waals surface area contributed by atoms with Gasteiger partial charge in [-0.1, -0.05) is 24.3 Å².